The number of carboxylic acid groups (broad SMARTS) is 1. The highest BCUT2D eigenvalue weighted by atomic mass is 32.2. The number of hydrogen-bond acceptors (Lipinski definition) is 4. The molecule has 6 rings (SSSR count). The monoisotopic (exact) mass is 438 g/mol. The van der Waals surface area contributed by atoms with Gasteiger partial charge < -0.3 is 5.11 Å². The summed E-state index contributed by atoms with van der Waals surface area (Å²) in [5.74, 6) is 1.65. The second kappa shape index (κ2) is 7.76. The van der Waals surface area contributed by atoms with Crippen molar-refractivity contribution in [2.75, 3.05) is 6.26 Å². The molecule has 4 fully saturated rings. The Morgan fingerprint density at radius 1 is 0.900 bits per heavy atom. The zero-order chi connectivity index (χ0) is 20.9. The van der Waals surface area contributed by atoms with Crippen LogP contribution in [0.1, 0.15) is 64.8 Å². The van der Waals surface area contributed by atoms with Gasteiger partial charge in [-0.05, 0) is 128 Å². The van der Waals surface area contributed by atoms with Crippen LogP contribution in [-0.4, -0.2) is 22.4 Å². The summed E-state index contributed by atoms with van der Waals surface area (Å²) in [7, 11) is 0. The molecule has 0 amide bonds. The lowest BCUT2D eigenvalue weighted by atomic mass is 9.48. The molecule has 0 saturated heterocycles. The van der Waals surface area contributed by atoms with Crippen LogP contribution in [0.15, 0.2) is 52.3 Å². The van der Waals surface area contributed by atoms with Gasteiger partial charge in [0, 0.05) is 15.4 Å². The highest BCUT2D eigenvalue weighted by Crippen LogP contribution is 2.61. The molecule has 0 unspecified atom stereocenters. The summed E-state index contributed by atoms with van der Waals surface area (Å²) in [4.78, 5) is 26.2. The molecule has 0 spiro atoms. The van der Waals surface area contributed by atoms with E-state index in [-0.39, 0.29) is 16.1 Å². The first-order valence-electron chi connectivity index (χ1n) is 10.7. The summed E-state index contributed by atoms with van der Waals surface area (Å²) in [5.41, 5.74) is 2.66. The third-order valence-corrected chi connectivity index (χ3v) is 9.08. The number of aromatic carboxylic acids is 1. The van der Waals surface area contributed by atoms with E-state index in [1.165, 1.54) is 60.7 Å². The molecule has 0 atom stereocenters. The van der Waals surface area contributed by atoms with Crippen molar-refractivity contribution in [1.29, 1.82) is 0 Å². The Morgan fingerprint density at radius 3 is 2.00 bits per heavy atom. The lowest BCUT2D eigenvalue weighted by Crippen LogP contribution is -2.48. The largest absolute Gasteiger partial charge is 0.478 e. The van der Waals surface area contributed by atoms with Crippen LogP contribution in [0.5, 0.6) is 0 Å². The number of thioether (sulfide) groups is 2. The Morgan fingerprint density at radius 2 is 1.47 bits per heavy atom. The predicted octanol–water partition coefficient (Wildman–Crippen LogP) is 6.51. The van der Waals surface area contributed by atoms with Crippen molar-refractivity contribution in [2.24, 2.45) is 17.8 Å². The molecule has 4 aliphatic carbocycles. The topological polar surface area (TPSA) is 54.4 Å². The Labute approximate surface area is 186 Å². The van der Waals surface area contributed by atoms with Gasteiger partial charge in [0.25, 0.3) is 0 Å². The zero-order valence-corrected chi connectivity index (χ0v) is 18.7. The maximum atomic E-state index is 13.1. The van der Waals surface area contributed by atoms with E-state index < -0.39 is 5.97 Å². The normalized spacial score (nSPS) is 29.2. The molecule has 2 aromatic rings. The molecule has 4 saturated carbocycles. The molecule has 30 heavy (non-hydrogen) atoms. The van der Waals surface area contributed by atoms with Gasteiger partial charge in [0.15, 0.2) is 0 Å². The van der Waals surface area contributed by atoms with Crippen LogP contribution < -0.4 is 0 Å². The summed E-state index contributed by atoms with van der Waals surface area (Å²) < 4.78 is 0. The number of carbonyl (C=O) groups is 2. The van der Waals surface area contributed by atoms with Crippen molar-refractivity contribution >= 4 is 34.6 Å². The minimum Gasteiger partial charge on any atom is -0.478 e. The van der Waals surface area contributed by atoms with Crippen molar-refractivity contribution in [1.82, 2.24) is 0 Å². The molecule has 0 heterocycles. The predicted molar refractivity (Wildman–Crippen MR) is 122 cm³/mol. The second-order valence-corrected chi connectivity index (χ2v) is 11.2. The molecule has 1 N–H and O–H groups in total. The van der Waals surface area contributed by atoms with Crippen LogP contribution in [0.4, 0.5) is 0 Å². The molecule has 156 valence electrons. The van der Waals surface area contributed by atoms with E-state index in [0.717, 1.165) is 28.2 Å². The van der Waals surface area contributed by atoms with Crippen LogP contribution in [-0.2, 0) is 5.41 Å². The Hall–Kier alpha value is -1.72. The van der Waals surface area contributed by atoms with Crippen LogP contribution in [0, 0.1) is 17.8 Å². The van der Waals surface area contributed by atoms with Gasteiger partial charge in [-0.15, -0.1) is 11.8 Å². The van der Waals surface area contributed by atoms with E-state index in [9.17, 15) is 9.59 Å². The molecule has 4 bridgehead atoms. The van der Waals surface area contributed by atoms with Gasteiger partial charge in [-0.1, -0.05) is 0 Å². The van der Waals surface area contributed by atoms with Crippen LogP contribution >= 0.6 is 23.5 Å². The smallest absolute Gasteiger partial charge is 0.335 e. The maximum absolute atomic E-state index is 13.1. The van der Waals surface area contributed by atoms with E-state index in [1.807, 2.05) is 6.07 Å². The van der Waals surface area contributed by atoms with Gasteiger partial charge in [0.1, 0.15) is 0 Å². The Kier molecular flexibility index (Phi) is 5.22. The molecule has 0 radical (unpaired) electrons. The number of hydrogen-bond donors (Lipinski definition) is 1. The first-order chi connectivity index (χ1) is 14.5. The van der Waals surface area contributed by atoms with Crippen LogP contribution in [0.25, 0.3) is 0 Å². The maximum Gasteiger partial charge on any atom is 0.335 e. The minimum atomic E-state index is -0.953. The van der Waals surface area contributed by atoms with Gasteiger partial charge in [-0.3, -0.25) is 4.79 Å². The van der Waals surface area contributed by atoms with Gasteiger partial charge in [0.05, 0.1) is 5.56 Å². The third-order valence-electron chi connectivity index (χ3n) is 7.36. The van der Waals surface area contributed by atoms with Crippen molar-refractivity contribution in [2.45, 2.75) is 53.7 Å². The average molecular weight is 439 g/mol. The minimum absolute atomic E-state index is 0.0247. The highest BCUT2D eigenvalue weighted by Gasteiger charge is 2.52. The third kappa shape index (κ3) is 3.60. The number of carbonyl (C=O) groups excluding carboxylic acids is 1. The van der Waals surface area contributed by atoms with Crippen LogP contribution in [0.3, 0.4) is 0 Å². The standard InChI is InChI=1S/C25H26O3S2/c1-29-22-7-4-19(24(28)30-20-5-2-18(3-6-20)23(26)27)11-21(22)25-12-15-8-16(13-25)10-17(9-15)14-25/h2-7,11,15-17H,8-10,12-14H2,1H3,(H,26,27). The molecule has 2 aromatic carbocycles. The zero-order valence-electron chi connectivity index (χ0n) is 17.1. The van der Waals surface area contributed by atoms with Crippen molar-refractivity contribution in [3.8, 4) is 0 Å². The fraction of sp³-hybridized carbons (Fsp3) is 0.440. The summed E-state index contributed by atoms with van der Waals surface area (Å²) in [6, 6.07) is 12.8. The fourth-order valence-corrected chi connectivity index (χ4v) is 7.95. The first-order valence-corrected chi connectivity index (χ1v) is 12.7. The Balaban J connectivity index is 1.43. The number of rotatable bonds is 5. The highest BCUT2D eigenvalue weighted by molar-refractivity contribution is 8.14. The summed E-state index contributed by atoms with van der Waals surface area (Å²) in [6.45, 7) is 0. The lowest BCUT2D eigenvalue weighted by Gasteiger charge is -2.57. The van der Waals surface area contributed by atoms with E-state index in [2.05, 4.69) is 18.4 Å². The summed E-state index contributed by atoms with van der Waals surface area (Å²) >= 11 is 2.98. The van der Waals surface area contributed by atoms with E-state index in [0.29, 0.717) is 0 Å². The number of carboxylic acids is 1. The van der Waals surface area contributed by atoms with Gasteiger partial charge in [0.2, 0.25) is 5.12 Å². The van der Waals surface area contributed by atoms with Crippen LogP contribution in [0.2, 0.25) is 0 Å². The number of benzene rings is 2. The molecule has 0 aliphatic heterocycles. The molecule has 5 heteroatoms. The van der Waals surface area contributed by atoms with Crippen molar-refractivity contribution in [3.05, 3.63) is 59.2 Å². The second-order valence-electron chi connectivity index (χ2n) is 9.33. The average Bonchev–Trinajstić information content (AvgIpc) is 2.72. The first kappa shape index (κ1) is 20.2. The lowest BCUT2D eigenvalue weighted by molar-refractivity contribution is -0.00640. The summed E-state index contributed by atoms with van der Waals surface area (Å²) in [6.07, 6.45) is 10.2. The fourth-order valence-electron chi connectivity index (χ4n) is 6.52. The molecule has 4 aliphatic rings. The van der Waals surface area contributed by atoms with E-state index in [4.69, 9.17) is 5.11 Å². The SMILES string of the molecule is CSc1ccc(C(=O)Sc2ccc(C(=O)O)cc2)cc1C12CC3CC(CC(C3)C1)C2. The summed E-state index contributed by atoms with van der Waals surface area (Å²) in [5, 5.41) is 9.08. The van der Waals surface area contributed by atoms with Gasteiger partial charge in [-0.2, -0.15) is 0 Å². The van der Waals surface area contributed by atoms with E-state index in [1.54, 1.807) is 36.0 Å². The molecule has 3 nitrogen and oxygen atoms in total. The quantitative estimate of drug-likeness (QED) is 0.540. The molecular weight excluding hydrogens is 412 g/mol. The van der Waals surface area contributed by atoms with Crippen molar-refractivity contribution < 1.29 is 14.7 Å². The van der Waals surface area contributed by atoms with Gasteiger partial charge in [-0.25, -0.2) is 4.79 Å². The van der Waals surface area contributed by atoms with Gasteiger partial charge >= 0.3 is 5.97 Å². The molecule has 0 aromatic heterocycles. The van der Waals surface area contributed by atoms with E-state index >= 15 is 0 Å². The Bertz CT molecular complexity index is 961. The molecular formula is C25H26O3S2. The van der Waals surface area contributed by atoms with Crippen molar-refractivity contribution in [3.63, 3.8) is 0 Å².